The molecule has 0 unspecified atom stereocenters. The number of nitrogens with two attached hydrogens (primary N) is 1. The second-order valence-corrected chi connectivity index (χ2v) is 11.1. The molecule has 200 valence electrons. The van der Waals surface area contributed by atoms with E-state index in [1.807, 2.05) is 12.1 Å². The molecule has 1 aliphatic heterocycles. The van der Waals surface area contributed by atoms with E-state index in [2.05, 4.69) is 15.2 Å². The van der Waals surface area contributed by atoms with E-state index < -0.39 is 30.2 Å². The molecule has 1 aliphatic rings. The van der Waals surface area contributed by atoms with Crippen LogP contribution in [0.25, 0.3) is 0 Å². The second kappa shape index (κ2) is 13.4. The number of hydrogen-bond donors (Lipinski definition) is 3. The number of rotatable bonds is 11. The molecule has 1 saturated heterocycles. The van der Waals surface area contributed by atoms with Crippen LogP contribution in [-0.2, 0) is 25.7 Å². The molecule has 0 bridgehead atoms. The maximum Gasteiger partial charge on any atom is 0.326 e. The van der Waals surface area contributed by atoms with Crippen LogP contribution in [0.2, 0.25) is 10.0 Å². The minimum absolute atomic E-state index is 0.0339. The average Bonchev–Trinajstić information content (AvgIpc) is 3.29. The summed E-state index contributed by atoms with van der Waals surface area (Å²) in [5, 5.41) is 13.8. The standard InChI is InChI=1S/C22H25Cl2N5O6S2/c1-12(30)29(10-14-9-28(4-5-35-14)8-13-2-3-15(23)16(24)6-13)37-22-27-18(11-36-22)20(32)26-17(21(33)34)7-19(25)31/h2-3,6,11,14,17H,4-5,7-10H2,1H3,(H2,25,31)(H,26,32)(H,33,34)/t14-,17-/m0/s1. The summed E-state index contributed by atoms with van der Waals surface area (Å²) in [5.74, 6) is -3.23. The number of carbonyl (C=O) groups is 4. The Kier molecular flexibility index (Phi) is 10.6. The molecule has 15 heteroatoms. The smallest absolute Gasteiger partial charge is 0.326 e. The van der Waals surface area contributed by atoms with Crippen molar-refractivity contribution in [2.75, 3.05) is 26.2 Å². The average molecular weight is 591 g/mol. The summed E-state index contributed by atoms with van der Waals surface area (Å²) in [7, 11) is 0. The van der Waals surface area contributed by atoms with Gasteiger partial charge in [-0.05, 0) is 17.7 Å². The molecular weight excluding hydrogens is 565 g/mol. The first-order chi connectivity index (χ1) is 17.5. The first-order valence-electron chi connectivity index (χ1n) is 11.0. The van der Waals surface area contributed by atoms with Crippen LogP contribution in [0.1, 0.15) is 29.4 Å². The normalized spacial score (nSPS) is 16.7. The zero-order chi connectivity index (χ0) is 27.1. The van der Waals surface area contributed by atoms with Crippen LogP contribution in [-0.4, -0.2) is 81.4 Å². The van der Waals surface area contributed by atoms with Gasteiger partial charge in [0, 0.05) is 43.9 Å². The van der Waals surface area contributed by atoms with Crippen LogP contribution in [0.15, 0.2) is 27.9 Å². The Morgan fingerprint density at radius 2 is 2.11 bits per heavy atom. The van der Waals surface area contributed by atoms with Crippen LogP contribution in [0, 0.1) is 0 Å². The molecule has 1 aromatic carbocycles. The maximum absolute atomic E-state index is 12.4. The van der Waals surface area contributed by atoms with E-state index in [9.17, 15) is 19.2 Å². The fraction of sp³-hybridized carbons (Fsp3) is 0.409. The summed E-state index contributed by atoms with van der Waals surface area (Å²) in [5.41, 5.74) is 6.02. The van der Waals surface area contributed by atoms with E-state index in [1.165, 1.54) is 16.6 Å². The maximum atomic E-state index is 12.4. The Balaban J connectivity index is 1.58. The van der Waals surface area contributed by atoms with Gasteiger partial charge in [0.15, 0.2) is 4.34 Å². The molecule has 2 aromatic rings. The Morgan fingerprint density at radius 1 is 1.35 bits per heavy atom. The summed E-state index contributed by atoms with van der Waals surface area (Å²) in [6.45, 7) is 4.18. The molecule has 0 spiro atoms. The minimum Gasteiger partial charge on any atom is -0.480 e. The number of thiazole rings is 1. The first kappa shape index (κ1) is 29.1. The minimum atomic E-state index is -1.47. The van der Waals surface area contributed by atoms with Crippen molar-refractivity contribution in [1.29, 1.82) is 0 Å². The number of benzene rings is 1. The van der Waals surface area contributed by atoms with Gasteiger partial charge in [-0.15, -0.1) is 11.3 Å². The topological polar surface area (TPSA) is 155 Å². The van der Waals surface area contributed by atoms with Crippen molar-refractivity contribution in [2.24, 2.45) is 5.73 Å². The number of carbonyl (C=O) groups excluding carboxylic acids is 3. The Labute approximate surface area is 231 Å². The van der Waals surface area contributed by atoms with E-state index in [-0.39, 0.29) is 17.7 Å². The highest BCUT2D eigenvalue weighted by molar-refractivity contribution is 7.99. The van der Waals surface area contributed by atoms with Crippen molar-refractivity contribution < 1.29 is 29.0 Å². The number of hydrogen-bond acceptors (Lipinski definition) is 9. The molecule has 3 amide bonds. The predicted molar refractivity (Wildman–Crippen MR) is 140 cm³/mol. The Hall–Kier alpha value is -2.42. The van der Waals surface area contributed by atoms with E-state index >= 15 is 0 Å². The summed E-state index contributed by atoms with van der Waals surface area (Å²) >= 11 is 14.3. The van der Waals surface area contributed by atoms with Gasteiger partial charge in [0.25, 0.3) is 5.91 Å². The van der Waals surface area contributed by atoms with E-state index in [0.717, 1.165) is 35.4 Å². The molecule has 2 heterocycles. The van der Waals surface area contributed by atoms with Crippen molar-refractivity contribution in [3.8, 4) is 0 Å². The number of morpholine rings is 1. The van der Waals surface area contributed by atoms with Gasteiger partial charge in [-0.1, -0.05) is 29.3 Å². The summed E-state index contributed by atoms with van der Waals surface area (Å²) in [6, 6.07) is 4.04. The third kappa shape index (κ3) is 8.83. The SMILES string of the molecule is CC(=O)N(C[C@@H]1CN(Cc2ccc(Cl)c(Cl)c2)CCO1)Sc1nc(C(=O)N[C@@H](CC(N)=O)C(=O)O)cs1. The number of carboxylic acids is 1. The third-order valence-electron chi connectivity index (χ3n) is 5.25. The quantitative estimate of drug-likeness (QED) is 0.334. The molecule has 4 N–H and O–H groups in total. The molecule has 1 aromatic heterocycles. The molecular formula is C22H25Cl2N5O6S2. The number of carboxylic acid groups (broad SMARTS) is 1. The van der Waals surface area contributed by atoms with Gasteiger partial charge in [-0.25, -0.2) is 9.78 Å². The molecule has 1 fully saturated rings. The third-order valence-corrected chi connectivity index (χ3v) is 8.01. The highest BCUT2D eigenvalue weighted by Crippen LogP contribution is 2.28. The molecule has 0 aliphatic carbocycles. The van der Waals surface area contributed by atoms with Gasteiger partial charge in [0.05, 0.1) is 35.7 Å². The van der Waals surface area contributed by atoms with Crippen LogP contribution in [0.4, 0.5) is 0 Å². The second-order valence-electron chi connectivity index (χ2n) is 8.18. The molecule has 37 heavy (non-hydrogen) atoms. The number of amides is 3. The van der Waals surface area contributed by atoms with Crippen LogP contribution >= 0.6 is 46.5 Å². The van der Waals surface area contributed by atoms with Crippen molar-refractivity contribution >= 4 is 70.2 Å². The predicted octanol–water partition coefficient (Wildman–Crippen LogP) is 2.26. The van der Waals surface area contributed by atoms with Gasteiger partial charge in [-0.2, -0.15) is 0 Å². The first-order valence-corrected chi connectivity index (χ1v) is 13.4. The lowest BCUT2D eigenvalue weighted by Gasteiger charge is -2.35. The lowest BCUT2D eigenvalue weighted by Crippen LogP contribution is -2.46. The van der Waals surface area contributed by atoms with Crippen molar-refractivity contribution in [2.45, 2.75) is 36.4 Å². The largest absolute Gasteiger partial charge is 0.480 e. The highest BCUT2D eigenvalue weighted by Gasteiger charge is 2.27. The Morgan fingerprint density at radius 3 is 2.76 bits per heavy atom. The number of halogens is 2. The molecule has 2 atom stereocenters. The van der Waals surface area contributed by atoms with Crippen molar-refractivity contribution in [3.63, 3.8) is 0 Å². The van der Waals surface area contributed by atoms with Gasteiger partial charge < -0.3 is 20.9 Å². The van der Waals surface area contributed by atoms with Crippen LogP contribution in [0.5, 0.6) is 0 Å². The van der Waals surface area contributed by atoms with Crippen LogP contribution < -0.4 is 11.1 Å². The molecule has 3 rings (SSSR count). The highest BCUT2D eigenvalue weighted by atomic mass is 35.5. The number of nitrogens with one attached hydrogen (secondary N) is 1. The Bertz CT molecular complexity index is 1170. The molecule has 11 nitrogen and oxygen atoms in total. The molecule has 0 radical (unpaired) electrons. The zero-order valence-electron chi connectivity index (χ0n) is 19.7. The van der Waals surface area contributed by atoms with Gasteiger partial charge in [-0.3, -0.25) is 23.6 Å². The van der Waals surface area contributed by atoms with Crippen molar-refractivity contribution in [1.82, 2.24) is 19.5 Å². The summed E-state index contributed by atoms with van der Waals surface area (Å²) in [6.07, 6.45) is -0.797. The molecule has 0 saturated carbocycles. The van der Waals surface area contributed by atoms with Gasteiger partial charge in [0.1, 0.15) is 11.7 Å². The number of ether oxygens (including phenoxy) is 1. The summed E-state index contributed by atoms with van der Waals surface area (Å²) in [4.78, 5) is 53.4. The number of nitrogens with zero attached hydrogens (tertiary/aromatic N) is 3. The zero-order valence-corrected chi connectivity index (χ0v) is 22.8. The number of primary amides is 1. The van der Waals surface area contributed by atoms with E-state index in [4.69, 9.17) is 38.8 Å². The van der Waals surface area contributed by atoms with Gasteiger partial charge in [0.2, 0.25) is 11.8 Å². The fourth-order valence-electron chi connectivity index (χ4n) is 3.48. The van der Waals surface area contributed by atoms with Crippen molar-refractivity contribution in [3.05, 3.63) is 44.9 Å². The lowest BCUT2D eigenvalue weighted by atomic mass is 10.2. The van der Waals surface area contributed by atoms with Crippen LogP contribution in [0.3, 0.4) is 0 Å². The monoisotopic (exact) mass is 589 g/mol. The lowest BCUT2D eigenvalue weighted by molar-refractivity contribution is -0.141. The fourth-order valence-corrected chi connectivity index (χ4v) is 5.60. The van der Waals surface area contributed by atoms with E-state index in [0.29, 0.717) is 40.6 Å². The summed E-state index contributed by atoms with van der Waals surface area (Å²) < 4.78 is 7.79. The number of aliphatic carboxylic acids is 1. The van der Waals surface area contributed by atoms with E-state index in [1.54, 1.807) is 6.07 Å². The van der Waals surface area contributed by atoms with Gasteiger partial charge >= 0.3 is 5.97 Å². The number of aromatic nitrogens is 1.